The van der Waals surface area contributed by atoms with Crippen molar-refractivity contribution in [1.29, 1.82) is 0 Å². The van der Waals surface area contributed by atoms with E-state index < -0.39 is 0 Å². The fraction of sp³-hybridized carbons (Fsp3) is 0.650. The Hall–Kier alpha value is -1.89. The van der Waals surface area contributed by atoms with Crippen LogP contribution in [0.5, 0.6) is 0 Å². The molecule has 0 saturated carbocycles. The summed E-state index contributed by atoms with van der Waals surface area (Å²) in [5, 5.41) is 15.7. The predicted octanol–water partition coefficient (Wildman–Crippen LogP) is 3.10. The average Bonchev–Trinajstić information content (AvgIpc) is 3.15. The van der Waals surface area contributed by atoms with Crippen molar-refractivity contribution in [2.24, 2.45) is 4.99 Å². The summed E-state index contributed by atoms with van der Waals surface area (Å²) in [6, 6.07) is 4.75. The fourth-order valence-electron chi connectivity index (χ4n) is 3.56. The predicted molar refractivity (Wildman–Crippen MR) is 113 cm³/mol. The quantitative estimate of drug-likeness (QED) is 0.434. The molecule has 2 N–H and O–H groups in total. The van der Waals surface area contributed by atoms with Gasteiger partial charge in [0.25, 0.3) is 0 Å². The van der Waals surface area contributed by atoms with Crippen LogP contribution in [0.2, 0.25) is 0 Å². The standard InChI is InChI=1S/C20H32N6S/c1-15(14-17-11-10-16(2)27-17)23-20(21-3)22-12-7-9-19-25-24-18-8-5-4-6-13-26(18)19/h10-11,15H,4-9,12-14H2,1-3H3,(H2,21,22,23). The highest BCUT2D eigenvalue weighted by molar-refractivity contribution is 7.11. The van der Waals surface area contributed by atoms with Gasteiger partial charge >= 0.3 is 0 Å². The van der Waals surface area contributed by atoms with Crippen LogP contribution in [0.1, 0.15) is 54.0 Å². The van der Waals surface area contributed by atoms with Gasteiger partial charge in [-0.1, -0.05) is 6.42 Å². The van der Waals surface area contributed by atoms with Crippen molar-refractivity contribution in [2.75, 3.05) is 13.6 Å². The number of thiophene rings is 1. The van der Waals surface area contributed by atoms with Gasteiger partial charge in [-0.2, -0.15) is 0 Å². The Morgan fingerprint density at radius 2 is 2.19 bits per heavy atom. The number of nitrogens with zero attached hydrogens (tertiary/aromatic N) is 4. The molecule has 6 nitrogen and oxygen atoms in total. The number of nitrogens with one attached hydrogen (secondary N) is 2. The molecule has 2 aromatic rings. The molecule has 3 heterocycles. The molecule has 0 spiro atoms. The monoisotopic (exact) mass is 388 g/mol. The molecule has 1 aliphatic rings. The Labute approximate surface area is 166 Å². The van der Waals surface area contributed by atoms with Crippen LogP contribution in [0, 0.1) is 6.92 Å². The fourth-order valence-corrected chi connectivity index (χ4v) is 4.58. The molecule has 1 aliphatic heterocycles. The Morgan fingerprint density at radius 1 is 1.30 bits per heavy atom. The van der Waals surface area contributed by atoms with Gasteiger partial charge in [0.15, 0.2) is 5.96 Å². The van der Waals surface area contributed by atoms with E-state index in [1.807, 2.05) is 18.4 Å². The van der Waals surface area contributed by atoms with Gasteiger partial charge in [-0.15, -0.1) is 21.5 Å². The molecule has 148 valence electrons. The first-order valence-corrected chi connectivity index (χ1v) is 10.9. The molecule has 1 atom stereocenters. The van der Waals surface area contributed by atoms with Gasteiger partial charge in [0.05, 0.1) is 0 Å². The van der Waals surface area contributed by atoms with Gasteiger partial charge in [0.1, 0.15) is 11.6 Å². The zero-order valence-corrected chi connectivity index (χ0v) is 17.6. The zero-order valence-electron chi connectivity index (χ0n) is 16.8. The Morgan fingerprint density at radius 3 is 2.96 bits per heavy atom. The molecule has 0 aliphatic carbocycles. The van der Waals surface area contributed by atoms with E-state index in [0.29, 0.717) is 6.04 Å². The Kier molecular flexibility index (Phi) is 7.26. The lowest BCUT2D eigenvalue weighted by molar-refractivity contribution is 0.591. The molecule has 0 aromatic carbocycles. The Balaban J connectivity index is 1.40. The van der Waals surface area contributed by atoms with Crippen molar-refractivity contribution >= 4 is 17.3 Å². The van der Waals surface area contributed by atoms with Crippen LogP contribution >= 0.6 is 11.3 Å². The van der Waals surface area contributed by atoms with Crippen molar-refractivity contribution in [3.63, 3.8) is 0 Å². The van der Waals surface area contributed by atoms with Crippen LogP contribution in [-0.2, 0) is 25.8 Å². The second-order valence-corrected chi connectivity index (χ2v) is 8.73. The summed E-state index contributed by atoms with van der Waals surface area (Å²) in [7, 11) is 1.83. The molecule has 27 heavy (non-hydrogen) atoms. The normalized spacial score (nSPS) is 15.9. The van der Waals surface area contributed by atoms with E-state index in [0.717, 1.165) is 50.6 Å². The highest BCUT2D eigenvalue weighted by Crippen LogP contribution is 2.17. The van der Waals surface area contributed by atoms with E-state index in [1.165, 1.54) is 34.8 Å². The molecule has 3 rings (SSSR count). The van der Waals surface area contributed by atoms with Crippen LogP contribution in [-0.4, -0.2) is 40.4 Å². The van der Waals surface area contributed by atoms with Crippen LogP contribution in [0.4, 0.5) is 0 Å². The topological polar surface area (TPSA) is 67.1 Å². The maximum atomic E-state index is 4.41. The molecule has 7 heteroatoms. The third-order valence-corrected chi connectivity index (χ3v) is 5.99. The number of rotatable bonds is 7. The van der Waals surface area contributed by atoms with Crippen LogP contribution in [0.15, 0.2) is 17.1 Å². The van der Waals surface area contributed by atoms with Gasteiger partial charge in [-0.05, 0) is 45.2 Å². The van der Waals surface area contributed by atoms with Gasteiger partial charge in [-0.3, -0.25) is 4.99 Å². The molecular weight excluding hydrogens is 356 g/mol. The summed E-state index contributed by atoms with van der Waals surface area (Å²) in [6.07, 6.45) is 7.86. The summed E-state index contributed by atoms with van der Waals surface area (Å²) in [5.41, 5.74) is 0. The lowest BCUT2D eigenvalue weighted by atomic mass is 10.2. The van der Waals surface area contributed by atoms with Crippen molar-refractivity contribution in [1.82, 2.24) is 25.4 Å². The van der Waals surface area contributed by atoms with Gasteiger partial charge < -0.3 is 15.2 Å². The number of hydrogen-bond acceptors (Lipinski definition) is 4. The number of aliphatic imine (C=N–C) groups is 1. The summed E-state index contributed by atoms with van der Waals surface area (Å²) >= 11 is 1.87. The largest absolute Gasteiger partial charge is 0.356 e. The minimum Gasteiger partial charge on any atom is -0.356 e. The van der Waals surface area contributed by atoms with Gasteiger partial charge in [-0.25, -0.2) is 0 Å². The molecule has 1 unspecified atom stereocenters. The second-order valence-electron chi connectivity index (χ2n) is 7.36. The van der Waals surface area contributed by atoms with Crippen LogP contribution in [0.3, 0.4) is 0 Å². The van der Waals surface area contributed by atoms with E-state index in [2.05, 4.69) is 56.4 Å². The van der Waals surface area contributed by atoms with E-state index in [9.17, 15) is 0 Å². The van der Waals surface area contributed by atoms with E-state index in [1.54, 1.807) is 0 Å². The summed E-state index contributed by atoms with van der Waals surface area (Å²) in [4.78, 5) is 7.14. The second kappa shape index (κ2) is 9.88. The summed E-state index contributed by atoms with van der Waals surface area (Å²) < 4.78 is 2.34. The molecular formula is C20H32N6S. The van der Waals surface area contributed by atoms with Crippen molar-refractivity contribution in [3.8, 4) is 0 Å². The van der Waals surface area contributed by atoms with Gasteiger partial charge in [0, 0.05) is 55.2 Å². The highest BCUT2D eigenvalue weighted by atomic mass is 32.1. The lowest BCUT2D eigenvalue weighted by Gasteiger charge is -2.17. The molecule has 0 radical (unpaired) electrons. The lowest BCUT2D eigenvalue weighted by Crippen LogP contribution is -2.43. The van der Waals surface area contributed by atoms with E-state index in [-0.39, 0.29) is 0 Å². The number of fused-ring (bicyclic) bond motifs is 1. The minimum atomic E-state index is 0.349. The number of aryl methyl sites for hydroxylation is 3. The maximum absolute atomic E-state index is 4.41. The number of guanidine groups is 1. The first kappa shape index (κ1) is 19.9. The van der Waals surface area contributed by atoms with Crippen molar-refractivity contribution in [3.05, 3.63) is 33.5 Å². The van der Waals surface area contributed by atoms with E-state index in [4.69, 9.17) is 0 Å². The zero-order chi connectivity index (χ0) is 19.1. The summed E-state index contributed by atoms with van der Waals surface area (Å²) in [5.74, 6) is 3.18. The van der Waals surface area contributed by atoms with Crippen LogP contribution in [0.25, 0.3) is 0 Å². The molecule has 0 amide bonds. The molecule has 0 bridgehead atoms. The van der Waals surface area contributed by atoms with Crippen LogP contribution < -0.4 is 10.6 Å². The Bertz CT molecular complexity index is 747. The number of aromatic nitrogens is 3. The smallest absolute Gasteiger partial charge is 0.191 e. The first-order valence-electron chi connectivity index (χ1n) is 10.1. The third-order valence-electron chi connectivity index (χ3n) is 4.97. The maximum Gasteiger partial charge on any atom is 0.191 e. The third kappa shape index (κ3) is 5.79. The van der Waals surface area contributed by atoms with Crippen molar-refractivity contribution in [2.45, 2.75) is 71.4 Å². The molecule has 2 aromatic heterocycles. The number of hydrogen-bond donors (Lipinski definition) is 2. The van der Waals surface area contributed by atoms with E-state index >= 15 is 0 Å². The SMILES string of the molecule is CN=C(NCCCc1nnc2n1CCCCC2)NC(C)Cc1ccc(C)s1. The highest BCUT2D eigenvalue weighted by Gasteiger charge is 2.14. The average molecular weight is 389 g/mol. The summed E-state index contributed by atoms with van der Waals surface area (Å²) in [6.45, 7) is 6.31. The first-order chi connectivity index (χ1) is 13.2. The molecule has 0 fully saturated rings. The molecule has 0 saturated heterocycles. The minimum absolute atomic E-state index is 0.349. The van der Waals surface area contributed by atoms with Crippen molar-refractivity contribution < 1.29 is 0 Å². The van der Waals surface area contributed by atoms with Gasteiger partial charge in [0.2, 0.25) is 0 Å².